The molecule has 0 amide bonds. The summed E-state index contributed by atoms with van der Waals surface area (Å²) in [5.74, 6) is 1.91. The topological polar surface area (TPSA) is 29.3 Å². The Morgan fingerprint density at radius 2 is 2.33 bits per heavy atom. The van der Waals surface area contributed by atoms with Crippen LogP contribution in [-0.4, -0.2) is 22.5 Å². The molecular formula is C11H12BrN3. The van der Waals surface area contributed by atoms with Crippen molar-refractivity contribution in [3.05, 3.63) is 34.8 Å². The average Bonchev–Trinajstić information content (AvgIpc) is 2.51. The lowest BCUT2D eigenvalue weighted by Gasteiger charge is -2.26. The minimum Gasteiger partial charge on any atom is -0.316 e. The first-order valence-corrected chi connectivity index (χ1v) is 5.96. The first kappa shape index (κ1) is 9.36. The Balaban J connectivity index is 2.02. The Bertz CT molecular complexity index is 488. The molecule has 1 aliphatic rings. The highest BCUT2D eigenvalue weighted by Crippen LogP contribution is 2.21. The van der Waals surface area contributed by atoms with Crippen LogP contribution in [0.2, 0.25) is 0 Å². The lowest BCUT2D eigenvalue weighted by atomic mass is 9.99. The van der Waals surface area contributed by atoms with E-state index in [0.717, 1.165) is 41.4 Å². The molecule has 0 saturated carbocycles. The second-order valence-corrected chi connectivity index (χ2v) is 4.75. The molecule has 4 heteroatoms. The van der Waals surface area contributed by atoms with Gasteiger partial charge in [-0.15, -0.1) is 0 Å². The summed E-state index contributed by atoms with van der Waals surface area (Å²) in [6.45, 7) is 2.25. The number of aromatic nitrogens is 2. The van der Waals surface area contributed by atoms with Gasteiger partial charge in [-0.25, -0.2) is 4.98 Å². The maximum Gasteiger partial charge on any atom is 0.132 e. The lowest BCUT2D eigenvalue weighted by molar-refractivity contribution is 0.340. The van der Waals surface area contributed by atoms with Crippen molar-refractivity contribution in [3.63, 3.8) is 0 Å². The zero-order valence-corrected chi connectivity index (χ0v) is 9.87. The van der Waals surface area contributed by atoms with Crippen LogP contribution < -0.4 is 5.32 Å². The predicted molar refractivity (Wildman–Crippen MR) is 63.0 cm³/mol. The van der Waals surface area contributed by atoms with Gasteiger partial charge in [0, 0.05) is 12.6 Å². The molecule has 0 spiro atoms. The minimum absolute atomic E-state index is 0.753. The normalized spacial score (nSPS) is 16.9. The molecule has 2 aromatic heterocycles. The quantitative estimate of drug-likeness (QED) is 0.899. The fraction of sp³-hybridized carbons (Fsp3) is 0.364. The highest BCUT2D eigenvalue weighted by molar-refractivity contribution is 9.10. The van der Waals surface area contributed by atoms with Crippen molar-refractivity contribution >= 4 is 21.4 Å². The van der Waals surface area contributed by atoms with Crippen molar-refractivity contribution in [2.45, 2.75) is 6.42 Å². The number of pyridine rings is 1. The van der Waals surface area contributed by atoms with Crippen molar-refractivity contribution in [3.8, 4) is 0 Å². The monoisotopic (exact) mass is 265 g/mol. The second-order valence-electron chi connectivity index (χ2n) is 4.00. The molecule has 1 aliphatic heterocycles. The maximum absolute atomic E-state index is 4.56. The van der Waals surface area contributed by atoms with Gasteiger partial charge in [0.15, 0.2) is 0 Å². The number of hydrogen-bond acceptors (Lipinski definition) is 2. The molecule has 2 aromatic rings. The maximum atomic E-state index is 4.56. The van der Waals surface area contributed by atoms with E-state index in [9.17, 15) is 0 Å². The summed E-state index contributed by atoms with van der Waals surface area (Å²) < 4.78 is 3.12. The van der Waals surface area contributed by atoms with Crippen molar-refractivity contribution in [1.29, 1.82) is 0 Å². The van der Waals surface area contributed by atoms with Crippen LogP contribution >= 0.6 is 15.9 Å². The molecule has 0 unspecified atom stereocenters. The third-order valence-electron chi connectivity index (χ3n) is 2.91. The van der Waals surface area contributed by atoms with Gasteiger partial charge < -0.3 is 9.72 Å². The van der Waals surface area contributed by atoms with Crippen LogP contribution in [0.4, 0.5) is 0 Å². The van der Waals surface area contributed by atoms with Crippen LogP contribution in [0.25, 0.3) is 5.52 Å². The molecule has 3 rings (SSSR count). The van der Waals surface area contributed by atoms with Crippen LogP contribution in [0.15, 0.2) is 29.0 Å². The fourth-order valence-electron chi connectivity index (χ4n) is 1.96. The summed E-state index contributed by atoms with van der Waals surface area (Å²) in [7, 11) is 0. The van der Waals surface area contributed by atoms with Gasteiger partial charge in [0.05, 0.1) is 5.52 Å². The third-order valence-corrected chi connectivity index (χ3v) is 3.50. The Morgan fingerprint density at radius 1 is 1.47 bits per heavy atom. The Kier molecular flexibility index (Phi) is 2.25. The highest BCUT2D eigenvalue weighted by Gasteiger charge is 2.20. The van der Waals surface area contributed by atoms with Gasteiger partial charge in [-0.05, 0) is 47.1 Å². The molecule has 15 heavy (non-hydrogen) atoms. The van der Waals surface area contributed by atoms with Gasteiger partial charge in [-0.3, -0.25) is 0 Å². The molecule has 1 saturated heterocycles. The van der Waals surface area contributed by atoms with Gasteiger partial charge in [-0.2, -0.15) is 0 Å². The largest absolute Gasteiger partial charge is 0.316 e. The van der Waals surface area contributed by atoms with E-state index in [1.165, 1.54) is 0 Å². The first-order valence-electron chi connectivity index (χ1n) is 5.17. The smallest absolute Gasteiger partial charge is 0.132 e. The molecular weight excluding hydrogens is 254 g/mol. The molecule has 3 nitrogen and oxygen atoms in total. The van der Waals surface area contributed by atoms with Crippen molar-refractivity contribution < 1.29 is 0 Å². The van der Waals surface area contributed by atoms with Gasteiger partial charge >= 0.3 is 0 Å². The SMILES string of the molecule is Brc1nc(CC2CNC2)n2ccccc12. The Labute approximate surface area is 96.6 Å². The summed E-state index contributed by atoms with van der Waals surface area (Å²) in [6, 6.07) is 6.17. The zero-order valence-electron chi connectivity index (χ0n) is 8.28. The van der Waals surface area contributed by atoms with Gasteiger partial charge in [0.2, 0.25) is 0 Å². The number of fused-ring (bicyclic) bond motifs is 1. The number of nitrogens with one attached hydrogen (secondary N) is 1. The van der Waals surface area contributed by atoms with Crippen LogP contribution in [0.5, 0.6) is 0 Å². The van der Waals surface area contributed by atoms with Crippen molar-refractivity contribution in [2.75, 3.05) is 13.1 Å². The third kappa shape index (κ3) is 1.58. The standard InChI is InChI=1S/C11H12BrN3/c12-11-9-3-1-2-4-15(9)10(14-11)5-8-6-13-7-8/h1-4,8,13H,5-7H2. The molecule has 0 bridgehead atoms. The number of nitrogens with zero attached hydrogens (tertiary/aromatic N) is 2. The predicted octanol–water partition coefficient (Wildman–Crippen LogP) is 1.86. The van der Waals surface area contributed by atoms with E-state index in [1.54, 1.807) is 0 Å². The molecule has 78 valence electrons. The van der Waals surface area contributed by atoms with Crippen molar-refractivity contribution in [1.82, 2.24) is 14.7 Å². The Morgan fingerprint density at radius 3 is 3.07 bits per heavy atom. The van der Waals surface area contributed by atoms with Crippen LogP contribution in [0.3, 0.4) is 0 Å². The second kappa shape index (κ2) is 3.61. The molecule has 3 heterocycles. The average molecular weight is 266 g/mol. The summed E-state index contributed by atoms with van der Waals surface area (Å²) in [4.78, 5) is 4.56. The molecule has 1 fully saturated rings. The van der Waals surface area contributed by atoms with Gasteiger partial charge in [0.25, 0.3) is 0 Å². The molecule has 0 aliphatic carbocycles. The van der Waals surface area contributed by atoms with Crippen LogP contribution in [0.1, 0.15) is 5.82 Å². The van der Waals surface area contributed by atoms with E-state index in [1.807, 2.05) is 12.1 Å². The molecule has 0 aromatic carbocycles. The number of hydrogen-bond donors (Lipinski definition) is 1. The van der Waals surface area contributed by atoms with Gasteiger partial charge in [-0.1, -0.05) is 6.07 Å². The number of imidazole rings is 1. The summed E-state index contributed by atoms with van der Waals surface area (Å²) >= 11 is 3.50. The zero-order chi connectivity index (χ0) is 10.3. The minimum atomic E-state index is 0.753. The number of rotatable bonds is 2. The number of halogens is 1. The highest BCUT2D eigenvalue weighted by atomic mass is 79.9. The summed E-state index contributed by atoms with van der Waals surface area (Å²) in [6.07, 6.45) is 3.14. The van der Waals surface area contributed by atoms with E-state index < -0.39 is 0 Å². The van der Waals surface area contributed by atoms with Crippen LogP contribution in [-0.2, 0) is 6.42 Å². The van der Waals surface area contributed by atoms with Gasteiger partial charge in [0.1, 0.15) is 10.4 Å². The van der Waals surface area contributed by atoms with E-state index in [0.29, 0.717) is 0 Å². The van der Waals surface area contributed by atoms with E-state index in [4.69, 9.17) is 0 Å². The molecule has 0 atom stereocenters. The van der Waals surface area contributed by atoms with Crippen LogP contribution in [0, 0.1) is 5.92 Å². The van der Waals surface area contributed by atoms with E-state index in [-0.39, 0.29) is 0 Å². The lowest BCUT2D eigenvalue weighted by Crippen LogP contribution is -2.43. The van der Waals surface area contributed by atoms with E-state index >= 15 is 0 Å². The Hall–Kier alpha value is -0.870. The summed E-state index contributed by atoms with van der Waals surface area (Å²) in [5.41, 5.74) is 1.15. The first-order chi connectivity index (χ1) is 7.34. The molecule has 1 N–H and O–H groups in total. The fourth-order valence-corrected chi connectivity index (χ4v) is 2.48. The molecule has 0 radical (unpaired) electrons. The van der Waals surface area contributed by atoms with Crippen molar-refractivity contribution in [2.24, 2.45) is 5.92 Å². The summed E-state index contributed by atoms with van der Waals surface area (Å²) in [5, 5.41) is 3.29. The van der Waals surface area contributed by atoms with E-state index in [2.05, 4.69) is 42.9 Å².